The predicted molar refractivity (Wildman–Crippen MR) is 98.5 cm³/mol. The average molecular weight is 354 g/mol. The van der Waals surface area contributed by atoms with Crippen LogP contribution >= 0.6 is 12.4 Å². The van der Waals surface area contributed by atoms with E-state index in [0.29, 0.717) is 18.7 Å². The largest absolute Gasteiger partial charge is 0.354 e. The van der Waals surface area contributed by atoms with Crippen LogP contribution in [0.1, 0.15) is 37.0 Å². The molecule has 0 spiro atoms. The van der Waals surface area contributed by atoms with Crippen molar-refractivity contribution in [2.75, 3.05) is 26.2 Å². The molecule has 0 aliphatic carbocycles. The summed E-state index contributed by atoms with van der Waals surface area (Å²) in [5, 5.41) is 6.27. The molecule has 0 saturated carbocycles. The molecular formula is C18H28ClN3O2. The van der Waals surface area contributed by atoms with E-state index in [4.69, 9.17) is 0 Å². The van der Waals surface area contributed by atoms with Crippen molar-refractivity contribution in [3.05, 3.63) is 35.9 Å². The fourth-order valence-electron chi connectivity index (χ4n) is 2.96. The van der Waals surface area contributed by atoms with E-state index in [1.165, 1.54) is 0 Å². The molecule has 2 atom stereocenters. The predicted octanol–water partition coefficient (Wildman–Crippen LogP) is 2.07. The lowest BCUT2D eigenvalue weighted by molar-refractivity contribution is -0.126. The highest BCUT2D eigenvalue weighted by molar-refractivity contribution is 5.94. The maximum atomic E-state index is 12.5. The van der Waals surface area contributed by atoms with Crippen LogP contribution in [-0.4, -0.2) is 48.9 Å². The van der Waals surface area contributed by atoms with Crippen molar-refractivity contribution in [3.8, 4) is 0 Å². The van der Waals surface area contributed by atoms with Crippen LogP contribution in [0.3, 0.4) is 0 Å². The Hall–Kier alpha value is -1.59. The molecule has 134 valence electrons. The van der Waals surface area contributed by atoms with E-state index in [0.717, 1.165) is 25.9 Å². The summed E-state index contributed by atoms with van der Waals surface area (Å²) < 4.78 is 0. The maximum absolute atomic E-state index is 12.5. The molecule has 0 aromatic heterocycles. The Balaban J connectivity index is 0.00000288. The minimum absolute atomic E-state index is 0. The van der Waals surface area contributed by atoms with Gasteiger partial charge in [-0.3, -0.25) is 9.59 Å². The molecule has 0 bridgehead atoms. The molecule has 1 aromatic rings. The van der Waals surface area contributed by atoms with Crippen LogP contribution in [0.2, 0.25) is 0 Å². The molecule has 24 heavy (non-hydrogen) atoms. The smallest absolute Gasteiger partial charge is 0.253 e. The van der Waals surface area contributed by atoms with Crippen molar-refractivity contribution in [1.29, 1.82) is 0 Å². The summed E-state index contributed by atoms with van der Waals surface area (Å²) in [5.74, 6) is -0.0327. The first-order chi connectivity index (χ1) is 11.1. The number of carbonyl (C=O) groups is 2. The topological polar surface area (TPSA) is 61.4 Å². The minimum atomic E-state index is -0.106. The number of nitrogens with one attached hydrogen (secondary N) is 2. The molecule has 1 fully saturated rings. The van der Waals surface area contributed by atoms with Gasteiger partial charge in [-0.05, 0) is 38.4 Å². The van der Waals surface area contributed by atoms with Crippen LogP contribution in [0.25, 0.3) is 0 Å². The summed E-state index contributed by atoms with van der Waals surface area (Å²) in [4.78, 5) is 26.6. The summed E-state index contributed by atoms with van der Waals surface area (Å²) in [6, 6.07) is 9.53. The third-order valence-electron chi connectivity index (χ3n) is 4.24. The van der Waals surface area contributed by atoms with Crippen LogP contribution in [0.15, 0.2) is 30.3 Å². The molecule has 1 saturated heterocycles. The van der Waals surface area contributed by atoms with Crippen LogP contribution in [-0.2, 0) is 4.79 Å². The van der Waals surface area contributed by atoms with Crippen molar-refractivity contribution < 1.29 is 9.59 Å². The van der Waals surface area contributed by atoms with Crippen molar-refractivity contribution in [3.63, 3.8) is 0 Å². The molecule has 2 N–H and O–H groups in total. The monoisotopic (exact) mass is 353 g/mol. The van der Waals surface area contributed by atoms with Crippen molar-refractivity contribution >= 4 is 24.2 Å². The van der Waals surface area contributed by atoms with E-state index in [1.807, 2.05) is 37.3 Å². The highest BCUT2D eigenvalue weighted by Crippen LogP contribution is 2.18. The number of rotatable bonds is 6. The first-order valence-corrected chi connectivity index (χ1v) is 8.47. The number of hydrogen-bond acceptors (Lipinski definition) is 3. The van der Waals surface area contributed by atoms with Crippen LogP contribution in [0.4, 0.5) is 0 Å². The number of likely N-dealkylation sites (N-methyl/N-ethyl adjacent to an activating group) is 1. The number of halogens is 1. The number of nitrogens with zero attached hydrogens (tertiary/aromatic N) is 1. The second-order valence-corrected chi connectivity index (χ2v) is 6.16. The van der Waals surface area contributed by atoms with E-state index in [-0.39, 0.29) is 36.2 Å². The number of likely N-dealkylation sites (tertiary alicyclic amines) is 1. The maximum Gasteiger partial charge on any atom is 0.253 e. The van der Waals surface area contributed by atoms with Gasteiger partial charge < -0.3 is 15.5 Å². The quantitative estimate of drug-likeness (QED) is 0.823. The van der Waals surface area contributed by atoms with Gasteiger partial charge in [-0.1, -0.05) is 25.1 Å². The molecule has 1 unspecified atom stereocenters. The molecule has 1 aromatic carbocycles. The van der Waals surface area contributed by atoms with Gasteiger partial charge in [0.1, 0.15) is 0 Å². The fourth-order valence-corrected chi connectivity index (χ4v) is 2.96. The highest BCUT2D eigenvalue weighted by Gasteiger charge is 2.28. The number of piperidine rings is 1. The molecule has 1 aliphatic rings. The lowest BCUT2D eigenvalue weighted by Crippen LogP contribution is -2.47. The Labute approximate surface area is 150 Å². The number of amides is 2. The van der Waals surface area contributed by atoms with Gasteiger partial charge in [0.2, 0.25) is 5.91 Å². The van der Waals surface area contributed by atoms with Gasteiger partial charge >= 0.3 is 0 Å². The first-order valence-electron chi connectivity index (χ1n) is 8.47. The Morgan fingerprint density at radius 1 is 1.29 bits per heavy atom. The zero-order chi connectivity index (χ0) is 16.7. The molecule has 1 aliphatic heterocycles. The van der Waals surface area contributed by atoms with Crippen LogP contribution in [0.5, 0.6) is 0 Å². The molecule has 6 heteroatoms. The molecule has 5 nitrogen and oxygen atoms in total. The average Bonchev–Trinajstić information content (AvgIpc) is 2.60. The summed E-state index contributed by atoms with van der Waals surface area (Å²) in [6.45, 7) is 6.85. The van der Waals surface area contributed by atoms with Gasteiger partial charge in [-0.2, -0.15) is 0 Å². The third kappa shape index (κ3) is 5.80. The zero-order valence-corrected chi connectivity index (χ0v) is 15.3. The molecule has 2 amide bonds. The fraction of sp³-hybridized carbons (Fsp3) is 0.556. The van der Waals surface area contributed by atoms with E-state index in [9.17, 15) is 9.59 Å². The van der Waals surface area contributed by atoms with Gasteiger partial charge in [0.15, 0.2) is 0 Å². The van der Waals surface area contributed by atoms with Crippen molar-refractivity contribution in [2.24, 2.45) is 5.92 Å². The minimum Gasteiger partial charge on any atom is -0.354 e. The lowest BCUT2D eigenvalue weighted by Gasteiger charge is -2.32. The SMILES string of the molecule is CCN[C@H](C)CNC(=O)C1CCCN(C(=O)c2ccccc2)C1.Cl. The normalized spacial score (nSPS) is 18.4. The van der Waals surface area contributed by atoms with Gasteiger partial charge in [-0.15, -0.1) is 12.4 Å². The number of hydrogen-bond donors (Lipinski definition) is 2. The summed E-state index contributed by atoms with van der Waals surface area (Å²) in [5.41, 5.74) is 0.689. The van der Waals surface area contributed by atoms with Crippen molar-refractivity contribution in [1.82, 2.24) is 15.5 Å². The molecule has 1 heterocycles. The highest BCUT2D eigenvalue weighted by atomic mass is 35.5. The lowest BCUT2D eigenvalue weighted by atomic mass is 9.96. The summed E-state index contributed by atoms with van der Waals surface area (Å²) in [6.07, 6.45) is 1.72. The van der Waals surface area contributed by atoms with E-state index < -0.39 is 0 Å². The number of carbonyl (C=O) groups excluding carboxylic acids is 2. The Morgan fingerprint density at radius 3 is 2.67 bits per heavy atom. The Bertz CT molecular complexity index is 524. The van der Waals surface area contributed by atoms with Crippen LogP contribution in [0, 0.1) is 5.92 Å². The van der Waals surface area contributed by atoms with Gasteiger partial charge in [0.05, 0.1) is 5.92 Å². The van der Waals surface area contributed by atoms with Gasteiger partial charge in [-0.25, -0.2) is 0 Å². The van der Waals surface area contributed by atoms with E-state index in [2.05, 4.69) is 17.6 Å². The Kier molecular flexibility index (Phi) is 8.79. The summed E-state index contributed by atoms with van der Waals surface area (Å²) in [7, 11) is 0. The first kappa shape index (κ1) is 20.5. The summed E-state index contributed by atoms with van der Waals surface area (Å²) >= 11 is 0. The van der Waals surface area contributed by atoms with E-state index >= 15 is 0 Å². The second-order valence-electron chi connectivity index (χ2n) is 6.16. The molecule has 2 rings (SSSR count). The van der Waals surface area contributed by atoms with Crippen LogP contribution < -0.4 is 10.6 Å². The standard InChI is InChI=1S/C18H27N3O2.ClH/c1-3-19-14(2)12-20-17(22)16-10-7-11-21(13-16)18(23)15-8-5-4-6-9-15;/h4-6,8-9,14,16,19H,3,7,10-13H2,1-2H3,(H,20,22);1H/t14-,16?;/m1./s1. The van der Waals surface area contributed by atoms with Gasteiger partial charge in [0, 0.05) is 31.2 Å². The second kappa shape index (κ2) is 10.3. The van der Waals surface area contributed by atoms with Gasteiger partial charge in [0.25, 0.3) is 5.91 Å². The Morgan fingerprint density at radius 2 is 2.00 bits per heavy atom. The van der Waals surface area contributed by atoms with Crippen molar-refractivity contribution in [2.45, 2.75) is 32.7 Å². The number of benzene rings is 1. The van der Waals surface area contributed by atoms with E-state index in [1.54, 1.807) is 4.90 Å². The molecular weight excluding hydrogens is 326 g/mol. The molecule has 0 radical (unpaired) electrons. The third-order valence-corrected chi connectivity index (χ3v) is 4.24. The zero-order valence-electron chi connectivity index (χ0n) is 14.5.